The molecule has 1 aromatic carbocycles. The number of hydrogen-bond donors (Lipinski definition) is 0. The van der Waals surface area contributed by atoms with Crippen LogP contribution in [0, 0.1) is 19.3 Å². The van der Waals surface area contributed by atoms with Gasteiger partial charge in [-0.25, -0.2) is 11.0 Å². The molecule has 0 amide bonds. The van der Waals surface area contributed by atoms with Gasteiger partial charge in [-0.3, -0.25) is 0 Å². The summed E-state index contributed by atoms with van der Waals surface area (Å²) in [6, 6.07) is 4.98. The predicted molar refractivity (Wildman–Crippen MR) is 48.7 cm³/mol. The van der Waals surface area contributed by atoms with Crippen molar-refractivity contribution < 1.29 is 4.39 Å². The lowest BCUT2D eigenvalue weighted by molar-refractivity contribution is 0.616. The third kappa shape index (κ3) is 1.21. The highest BCUT2D eigenvalue weighted by molar-refractivity contribution is 5.37. The summed E-state index contributed by atoms with van der Waals surface area (Å²) in [4.78, 5) is 3.60. The molecule has 1 aromatic rings. The van der Waals surface area contributed by atoms with E-state index in [1.165, 1.54) is 6.07 Å². The molecule has 13 heavy (non-hydrogen) atoms. The maximum atomic E-state index is 12.9. The van der Waals surface area contributed by atoms with Crippen LogP contribution in [0.3, 0.4) is 0 Å². The molecule has 0 atom stereocenters. The van der Waals surface area contributed by atoms with Gasteiger partial charge in [0.05, 0.1) is 0 Å². The van der Waals surface area contributed by atoms with Crippen molar-refractivity contribution in [1.82, 2.24) is 0 Å². The van der Waals surface area contributed by atoms with E-state index < -0.39 is 0 Å². The average molecular weight is 175 g/mol. The van der Waals surface area contributed by atoms with Crippen LogP contribution in [0.5, 0.6) is 0 Å². The normalized spacial score (nSPS) is 17.9. The van der Waals surface area contributed by atoms with E-state index in [4.69, 9.17) is 6.57 Å². The summed E-state index contributed by atoms with van der Waals surface area (Å²) in [7, 11) is 0. The Morgan fingerprint density at radius 3 is 2.62 bits per heavy atom. The fraction of sp³-hybridized carbons (Fsp3) is 0.364. The van der Waals surface area contributed by atoms with Crippen molar-refractivity contribution in [3.63, 3.8) is 0 Å². The van der Waals surface area contributed by atoms with Crippen molar-refractivity contribution in [2.45, 2.75) is 25.3 Å². The number of benzene rings is 1. The quantitative estimate of drug-likeness (QED) is 0.578. The molecule has 0 spiro atoms. The van der Waals surface area contributed by atoms with E-state index >= 15 is 0 Å². The Kier molecular flexibility index (Phi) is 1.63. The van der Waals surface area contributed by atoms with Crippen LogP contribution in [0.15, 0.2) is 18.2 Å². The zero-order chi connectivity index (χ0) is 9.47. The molecule has 1 fully saturated rings. The summed E-state index contributed by atoms with van der Waals surface area (Å²) in [5.74, 6) is -0.190. The fourth-order valence-electron chi connectivity index (χ4n) is 1.52. The fourth-order valence-corrected chi connectivity index (χ4v) is 1.52. The summed E-state index contributed by atoms with van der Waals surface area (Å²) in [6.07, 6.45) is 1.84. The minimum absolute atomic E-state index is 0.190. The second kappa shape index (κ2) is 2.56. The largest absolute Gasteiger partial charge is 0.305 e. The van der Waals surface area contributed by atoms with Crippen LogP contribution in [0.2, 0.25) is 0 Å². The number of halogens is 1. The van der Waals surface area contributed by atoms with Gasteiger partial charge in [-0.2, -0.15) is 0 Å². The van der Waals surface area contributed by atoms with Gasteiger partial charge in [0.2, 0.25) is 0 Å². The van der Waals surface area contributed by atoms with Gasteiger partial charge in [0.25, 0.3) is 5.54 Å². The monoisotopic (exact) mass is 175 g/mol. The van der Waals surface area contributed by atoms with E-state index in [-0.39, 0.29) is 11.4 Å². The molecule has 1 saturated carbocycles. The summed E-state index contributed by atoms with van der Waals surface area (Å²) < 4.78 is 12.9. The first kappa shape index (κ1) is 8.25. The number of nitrogens with zero attached hydrogens (tertiary/aromatic N) is 1. The Labute approximate surface area is 77.0 Å². The molecule has 2 heteroatoms. The van der Waals surface area contributed by atoms with Crippen LogP contribution in [-0.4, -0.2) is 0 Å². The second-order valence-electron chi connectivity index (χ2n) is 3.61. The molecular weight excluding hydrogens is 165 g/mol. The van der Waals surface area contributed by atoms with Crippen LogP contribution >= 0.6 is 0 Å². The van der Waals surface area contributed by atoms with Gasteiger partial charge >= 0.3 is 0 Å². The van der Waals surface area contributed by atoms with Crippen molar-refractivity contribution in [2.75, 3.05) is 0 Å². The first-order valence-electron chi connectivity index (χ1n) is 4.33. The van der Waals surface area contributed by atoms with Crippen molar-refractivity contribution in [2.24, 2.45) is 0 Å². The summed E-state index contributed by atoms with van der Waals surface area (Å²) in [5.41, 5.74) is 1.30. The maximum Gasteiger partial charge on any atom is 0.258 e. The highest BCUT2D eigenvalue weighted by Gasteiger charge is 2.52. The molecule has 1 aliphatic carbocycles. The van der Waals surface area contributed by atoms with Gasteiger partial charge in [0.1, 0.15) is 5.82 Å². The molecule has 0 bridgehead atoms. The maximum absolute atomic E-state index is 12.9. The Bertz CT molecular complexity index is 386. The number of hydrogen-bond acceptors (Lipinski definition) is 0. The van der Waals surface area contributed by atoms with Gasteiger partial charge in [-0.1, -0.05) is 0 Å². The molecule has 0 radical (unpaired) electrons. The Balaban J connectivity index is 2.44. The second-order valence-corrected chi connectivity index (χ2v) is 3.61. The first-order chi connectivity index (χ1) is 6.18. The highest BCUT2D eigenvalue weighted by atomic mass is 19.1. The van der Waals surface area contributed by atoms with Crippen molar-refractivity contribution in [3.8, 4) is 0 Å². The molecule has 0 unspecified atom stereocenters. The van der Waals surface area contributed by atoms with E-state index in [9.17, 15) is 4.39 Å². The van der Waals surface area contributed by atoms with Crippen molar-refractivity contribution in [1.29, 1.82) is 0 Å². The molecular formula is C11H10FN. The average Bonchev–Trinajstić information content (AvgIpc) is 2.90. The Morgan fingerprint density at radius 1 is 1.46 bits per heavy atom. The lowest BCUT2D eigenvalue weighted by atomic mass is 10.0. The van der Waals surface area contributed by atoms with Crippen LogP contribution in [0.25, 0.3) is 4.85 Å². The Hall–Kier alpha value is -1.36. The van der Waals surface area contributed by atoms with Gasteiger partial charge < -0.3 is 4.85 Å². The zero-order valence-electron chi connectivity index (χ0n) is 7.47. The van der Waals surface area contributed by atoms with Gasteiger partial charge in [0.15, 0.2) is 0 Å². The third-order valence-electron chi connectivity index (χ3n) is 2.63. The lowest BCUT2D eigenvalue weighted by Crippen LogP contribution is -2.00. The van der Waals surface area contributed by atoms with E-state index in [1.54, 1.807) is 19.1 Å². The van der Waals surface area contributed by atoms with Crippen LogP contribution in [0.1, 0.15) is 24.0 Å². The van der Waals surface area contributed by atoms with E-state index in [2.05, 4.69) is 4.85 Å². The van der Waals surface area contributed by atoms with E-state index in [0.29, 0.717) is 5.56 Å². The molecule has 0 saturated heterocycles. The third-order valence-corrected chi connectivity index (χ3v) is 2.63. The first-order valence-corrected chi connectivity index (χ1v) is 4.33. The molecule has 0 aromatic heterocycles. The summed E-state index contributed by atoms with van der Waals surface area (Å²) in [6.45, 7) is 8.80. The Morgan fingerprint density at radius 2 is 2.15 bits per heavy atom. The topological polar surface area (TPSA) is 4.36 Å². The van der Waals surface area contributed by atoms with Crippen LogP contribution in [0.4, 0.5) is 4.39 Å². The molecule has 0 N–H and O–H groups in total. The van der Waals surface area contributed by atoms with Crippen molar-refractivity contribution >= 4 is 0 Å². The summed E-state index contributed by atoms with van der Waals surface area (Å²) in [5, 5.41) is 0. The molecule has 0 aliphatic heterocycles. The lowest BCUT2D eigenvalue weighted by Gasteiger charge is -2.03. The van der Waals surface area contributed by atoms with Gasteiger partial charge in [-0.15, -0.1) is 0 Å². The minimum atomic E-state index is -0.307. The number of rotatable bonds is 1. The molecule has 1 nitrogen and oxygen atoms in total. The van der Waals surface area contributed by atoms with Crippen molar-refractivity contribution in [3.05, 3.63) is 46.6 Å². The number of aryl methyl sites for hydroxylation is 1. The van der Waals surface area contributed by atoms with Crippen LogP contribution < -0.4 is 0 Å². The summed E-state index contributed by atoms with van der Waals surface area (Å²) >= 11 is 0. The predicted octanol–water partition coefficient (Wildman–Crippen LogP) is 3.04. The highest BCUT2D eigenvalue weighted by Crippen LogP contribution is 2.49. The standard InChI is InChI=1S/C11H10FN/c1-8-7-9(3-4-10(8)12)11(13-2)5-6-11/h3-4,7H,5-6H2,1H3. The molecule has 1 aliphatic rings. The molecule has 2 rings (SSSR count). The smallest absolute Gasteiger partial charge is 0.258 e. The zero-order valence-corrected chi connectivity index (χ0v) is 7.47. The van der Waals surface area contributed by atoms with Crippen LogP contribution in [-0.2, 0) is 5.54 Å². The minimum Gasteiger partial charge on any atom is -0.305 e. The van der Waals surface area contributed by atoms with E-state index in [1.807, 2.05) is 0 Å². The van der Waals surface area contributed by atoms with Gasteiger partial charge in [-0.05, 0) is 30.7 Å². The SMILES string of the molecule is [C-]#[N+]C1(c2ccc(F)c(C)c2)CC1. The molecule has 66 valence electrons. The molecule has 0 heterocycles. The van der Waals surface area contributed by atoms with E-state index in [0.717, 1.165) is 18.4 Å². The van der Waals surface area contributed by atoms with Gasteiger partial charge in [0, 0.05) is 18.4 Å².